The summed E-state index contributed by atoms with van der Waals surface area (Å²) in [4.78, 5) is 5.23. The normalized spacial score (nSPS) is 12.9. The van der Waals surface area contributed by atoms with Crippen LogP contribution in [0.1, 0.15) is 27.7 Å². The van der Waals surface area contributed by atoms with Gasteiger partial charge in [0, 0.05) is 12.6 Å². The Hall–Kier alpha value is -1.21. The topological polar surface area (TPSA) is 6.48 Å². The number of rotatable bonds is 11. The van der Waals surface area contributed by atoms with Crippen molar-refractivity contribution in [1.82, 2.24) is 9.80 Å². The van der Waals surface area contributed by atoms with Crippen LogP contribution in [0.3, 0.4) is 0 Å². The molecule has 2 nitrogen and oxygen atoms in total. The van der Waals surface area contributed by atoms with E-state index in [2.05, 4.69) is 98.2 Å². The monoisotopic (exact) mass is 370 g/mol. The molecule has 3 heteroatoms. The van der Waals surface area contributed by atoms with Gasteiger partial charge < -0.3 is 4.90 Å². The van der Waals surface area contributed by atoms with E-state index in [4.69, 9.17) is 0 Å². The molecule has 2 aromatic rings. The zero-order valence-electron chi connectivity index (χ0n) is 16.9. The third kappa shape index (κ3) is 5.91. The minimum atomic E-state index is -0.343. The van der Waals surface area contributed by atoms with Gasteiger partial charge in [-0.15, -0.1) is 0 Å². The molecule has 0 aromatic heterocycles. The van der Waals surface area contributed by atoms with Crippen molar-refractivity contribution in [2.75, 3.05) is 38.9 Å². The predicted molar refractivity (Wildman–Crippen MR) is 118 cm³/mol. The zero-order chi connectivity index (χ0) is 18.8. The summed E-state index contributed by atoms with van der Waals surface area (Å²) in [5.41, 5.74) is 0. The lowest BCUT2D eigenvalue weighted by atomic mass is 10.2. The van der Waals surface area contributed by atoms with Gasteiger partial charge in [0.25, 0.3) is 0 Å². The second kappa shape index (κ2) is 11.5. The molecule has 2 aromatic carbocycles. The summed E-state index contributed by atoms with van der Waals surface area (Å²) < 4.78 is 0. The van der Waals surface area contributed by atoms with Crippen LogP contribution in [0.15, 0.2) is 60.7 Å². The summed E-state index contributed by atoms with van der Waals surface area (Å²) in [5.74, 6) is 0. The molecule has 0 aliphatic rings. The average Bonchev–Trinajstić information content (AvgIpc) is 2.71. The minimum absolute atomic E-state index is 0.343. The fourth-order valence-corrected chi connectivity index (χ4v) is 6.15. The molecular formula is C23H35N2P. The summed E-state index contributed by atoms with van der Waals surface area (Å²) in [7, 11) is -0.343. The lowest BCUT2D eigenvalue weighted by molar-refractivity contribution is 0.169. The zero-order valence-corrected chi connectivity index (χ0v) is 17.8. The molecule has 26 heavy (non-hydrogen) atoms. The van der Waals surface area contributed by atoms with Crippen molar-refractivity contribution in [3.05, 3.63) is 60.7 Å². The van der Waals surface area contributed by atoms with Crippen LogP contribution >= 0.6 is 7.92 Å². The molecule has 0 bridgehead atoms. The first-order valence-corrected chi connectivity index (χ1v) is 11.6. The summed E-state index contributed by atoms with van der Waals surface area (Å²) in [6.45, 7) is 14.8. The maximum absolute atomic E-state index is 2.65. The van der Waals surface area contributed by atoms with Crippen molar-refractivity contribution in [3.63, 3.8) is 0 Å². The van der Waals surface area contributed by atoms with Crippen LogP contribution in [0.5, 0.6) is 0 Å². The Kier molecular flexibility index (Phi) is 9.32. The number of hydrogen-bond acceptors (Lipinski definition) is 2. The van der Waals surface area contributed by atoms with E-state index in [1.807, 2.05) is 0 Å². The van der Waals surface area contributed by atoms with Gasteiger partial charge in [-0.2, -0.15) is 0 Å². The van der Waals surface area contributed by atoms with Gasteiger partial charge in [0.1, 0.15) is 0 Å². The molecule has 1 unspecified atom stereocenters. The van der Waals surface area contributed by atoms with Crippen LogP contribution in [0.4, 0.5) is 0 Å². The van der Waals surface area contributed by atoms with Crippen molar-refractivity contribution in [2.45, 2.75) is 33.7 Å². The highest BCUT2D eigenvalue weighted by Crippen LogP contribution is 2.35. The number of nitrogens with zero attached hydrogens (tertiary/aromatic N) is 2. The van der Waals surface area contributed by atoms with E-state index in [0.717, 1.165) is 32.7 Å². The fourth-order valence-electron chi connectivity index (χ4n) is 3.60. The van der Waals surface area contributed by atoms with Gasteiger partial charge in [-0.05, 0) is 50.9 Å². The SMILES string of the molecule is CCN(CC)CC(CP(c1ccccc1)c1ccccc1)N(CC)CC. The Morgan fingerprint density at radius 2 is 1.15 bits per heavy atom. The van der Waals surface area contributed by atoms with E-state index in [1.54, 1.807) is 0 Å². The molecule has 0 spiro atoms. The molecule has 0 radical (unpaired) electrons. The molecule has 2 rings (SSSR count). The maximum Gasteiger partial charge on any atom is 0.0268 e. The first kappa shape index (κ1) is 21.1. The number of hydrogen-bond donors (Lipinski definition) is 0. The Morgan fingerprint density at radius 1 is 0.692 bits per heavy atom. The minimum Gasteiger partial charge on any atom is -0.302 e. The van der Waals surface area contributed by atoms with Crippen LogP contribution in [0.25, 0.3) is 0 Å². The molecule has 0 amide bonds. The summed E-state index contributed by atoms with van der Waals surface area (Å²) in [6.07, 6.45) is 1.22. The largest absolute Gasteiger partial charge is 0.302 e. The Bertz CT molecular complexity index is 555. The third-order valence-corrected chi connectivity index (χ3v) is 7.85. The van der Waals surface area contributed by atoms with Gasteiger partial charge in [0.15, 0.2) is 0 Å². The number of likely N-dealkylation sites (N-methyl/N-ethyl adjacent to an activating group) is 2. The highest BCUT2D eigenvalue weighted by atomic mass is 31.1. The predicted octanol–water partition coefficient (Wildman–Crippen LogP) is 4.17. The second-order valence-electron chi connectivity index (χ2n) is 6.64. The van der Waals surface area contributed by atoms with Crippen LogP contribution < -0.4 is 10.6 Å². The quantitative estimate of drug-likeness (QED) is 0.548. The molecule has 0 heterocycles. The van der Waals surface area contributed by atoms with E-state index in [1.165, 1.54) is 16.8 Å². The molecule has 0 aliphatic carbocycles. The van der Waals surface area contributed by atoms with Gasteiger partial charge in [-0.1, -0.05) is 88.4 Å². The van der Waals surface area contributed by atoms with Crippen molar-refractivity contribution in [3.8, 4) is 0 Å². The summed E-state index contributed by atoms with van der Waals surface area (Å²) in [6, 6.07) is 22.8. The fraction of sp³-hybridized carbons (Fsp3) is 0.478. The maximum atomic E-state index is 2.65. The van der Waals surface area contributed by atoms with Gasteiger partial charge in [-0.25, -0.2) is 0 Å². The van der Waals surface area contributed by atoms with Crippen molar-refractivity contribution in [1.29, 1.82) is 0 Å². The molecule has 0 saturated carbocycles. The van der Waals surface area contributed by atoms with E-state index < -0.39 is 0 Å². The molecule has 0 saturated heterocycles. The van der Waals surface area contributed by atoms with E-state index >= 15 is 0 Å². The third-order valence-electron chi connectivity index (χ3n) is 5.22. The average molecular weight is 371 g/mol. The van der Waals surface area contributed by atoms with Crippen molar-refractivity contribution >= 4 is 18.5 Å². The lowest BCUT2D eigenvalue weighted by Crippen LogP contribution is -2.46. The van der Waals surface area contributed by atoms with E-state index in [9.17, 15) is 0 Å². The Morgan fingerprint density at radius 3 is 1.54 bits per heavy atom. The Balaban J connectivity index is 2.32. The number of benzene rings is 2. The molecule has 0 fully saturated rings. The molecule has 0 aliphatic heterocycles. The van der Waals surface area contributed by atoms with Crippen LogP contribution in [-0.4, -0.2) is 54.7 Å². The van der Waals surface area contributed by atoms with Crippen molar-refractivity contribution < 1.29 is 0 Å². The molecule has 0 N–H and O–H groups in total. The van der Waals surface area contributed by atoms with E-state index in [-0.39, 0.29) is 7.92 Å². The summed E-state index contributed by atoms with van der Waals surface area (Å²) in [5, 5.41) is 2.98. The highest BCUT2D eigenvalue weighted by Gasteiger charge is 2.24. The van der Waals surface area contributed by atoms with E-state index in [0.29, 0.717) is 6.04 Å². The highest BCUT2D eigenvalue weighted by molar-refractivity contribution is 7.73. The van der Waals surface area contributed by atoms with Crippen LogP contribution in [0.2, 0.25) is 0 Å². The first-order valence-electron chi connectivity index (χ1n) is 10.1. The first-order chi connectivity index (χ1) is 12.7. The van der Waals surface area contributed by atoms with Crippen LogP contribution in [0, 0.1) is 0 Å². The van der Waals surface area contributed by atoms with Crippen LogP contribution in [-0.2, 0) is 0 Å². The second-order valence-corrected chi connectivity index (χ2v) is 8.90. The van der Waals surface area contributed by atoms with Gasteiger partial charge in [0.05, 0.1) is 0 Å². The molecule has 142 valence electrons. The van der Waals surface area contributed by atoms with Gasteiger partial charge in [-0.3, -0.25) is 4.90 Å². The smallest absolute Gasteiger partial charge is 0.0268 e. The molecular weight excluding hydrogens is 335 g/mol. The standard InChI is InChI=1S/C23H35N2P/c1-5-24(6-2)19-21(25(7-3)8-4)20-26(22-15-11-9-12-16-22)23-17-13-10-14-18-23/h9-18,21H,5-8,19-20H2,1-4H3. The van der Waals surface area contributed by atoms with Gasteiger partial charge >= 0.3 is 0 Å². The van der Waals surface area contributed by atoms with Crippen molar-refractivity contribution in [2.24, 2.45) is 0 Å². The molecule has 1 atom stereocenters. The lowest BCUT2D eigenvalue weighted by Gasteiger charge is -2.36. The Labute approximate surface area is 162 Å². The summed E-state index contributed by atoms with van der Waals surface area (Å²) >= 11 is 0. The van der Waals surface area contributed by atoms with Gasteiger partial charge in [0.2, 0.25) is 0 Å².